The molecule has 0 saturated carbocycles. The number of nitrogens with one attached hydrogen (secondary N) is 3. The molecule has 0 saturated heterocycles. The first-order valence-corrected chi connectivity index (χ1v) is 6.52. The van der Waals surface area contributed by atoms with Crippen molar-refractivity contribution in [3.63, 3.8) is 0 Å². The lowest BCUT2D eigenvalue weighted by Gasteiger charge is -2.27. The normalized spacial score (nSPS) is 12.3. The molecule has 5 heteroatoms. The third kappa shape index (κ3) is 6.86. The molecule has 3 N–H and O–H groups in total. The second kappa shape index (κ2) is 6.10. The molecule has 1 aromatic rings. The molecule has 1 heterocycles. The summed E-state index contributed by atoms with van der Waals surface area (Å²) in [5.41, 5.74) is 0.443. The topological polar surface area (TPSA) is 66.2 Å². The van der Waals surface area contributed by atoms with Gasteiger partial charge in [-0.15, -0.1) is 0 Å². The summed E-state index contributed by atoms with van der Waals surface area (Å²) in [6.07, 6.45) is 1.51. The molecule has 0 unspecified atom stereocenters. The highest BCUT2D eigenvalue weighted by atomic mass is 16.6. The predicted octanol–water partition coefficient (Wildman–Crippen LogP) is 2.41. The van der Waals surface area contributed by atoms with Crippen LogP contribution >= 0.6 is 0 Å². The first kappa shape index (κ1) is 15.6. The maximum atomic E-state index is 11.6. The van der Waals surface area contributed by atoms with Gasteiger partial charge in [-0.1, -0.05) is 0 Å². The summed E-state index contributed by atoms with van der Waals surface area (Å²) in [6.45, 7) is 10.9. The maximum absolute atomic E-state index is 11.6. The van der Waals surface area contributed by atoms with Gasteiger partial charge in [-0.3, -0.25) is 0 Å². The molecule has 108 valence electrons. The van der Waals surface area contributed by atoms with Gasteiger partial charge in [-0.25, -0.2) is 4.79 Å². The number of alkyl carbamates (subject to hydrolysis) is 1. The second-order valence-electron chi connectivity index (χ2n) is 6.29. The number of hydrogen-bond donors (Lipinski definition) is 3. The zero-order chi connectivity index (χ0) is 14.5. The zero-order valence-corrected chi connectivity index (χ0v) is 12.5. The molecule has 1 rings (SSSR count). The van der Waals surface area contributed by atoms with Crippen LogP contribution in [0.1, 0.15) is 40.3 Å². The Morgan fingerprint density at radius 3 is 2.53 bits per heavy atom. The Hall–Kier alpha value is -1.49. The molecular formula is C14H25N3O2. The van der Waals surface area contributed by atoms with Gasteiger partial charge in [0.2, 0.25) is 0 Å². The van der Waals surface area contributed by atoms with Crippen LogP contribution in [0.15, 0.2) is 18.3 Å². The van der Waals surface area contributed by atoms with Gasteiger partial charge in [0, 0.05) is 30.5 Å². The summed E-state index contributed by atoms with van der Waals surface area (Å²) in [4.78, 5) is 14.7. The molecule has 1 amide bonds. The maximum Gasteiger partial charge on any atom is 0.407 e. The van der Waals surface area contributed by atoms with Crippen LogP contribution < -0.4 is 10.6 Å². The van der Waals surface area contributed by atoms with Gasteiger partial charge in [-0.05, 0) is 46.8 Å². The second-order valence-corrected chi connectivity index (χ2v) is 6.29. The Morgan fingerprint density at radius 2 is 2.00 bits per heavy atom. The third-order valence-electron chi connectivity index (χ3n) is 2.49. The van der Waals surface area contributed by atoms with Crippen molar-refractivity contribution in [1.82, 2.24) is 15.6 Å². The quantitative estimate of drug-likeness (QED) is 0.767. The third-order valence-corrected chi connectivity index (χ3v) is 2.49. The van der Waals surface area contributed by atoms with Gasteiger partial charge >= 0.3 is 6.09 Å². The van der Waals surface area contributed by atoms with Gasteiger partial charge in [0.25, 0.3) is 0 Å². The van der Waals surface area contributed by atoms with Gasteiger partial charge in [0.1, 0.15) is 5.60 Å². The van der Waals surface area contributed by atoms with Crippen LogP contribution in [-0.2, 0) is 11.3 Å². The van der Waals surface area contributed by atoms with Crippen LogP contribution in [0.3, 0.4) is 0 Å². The van der Waals surface area contributed by atoms with Crippen LogP contribution in [0.5, 0.6) is 0 Å². The molecule has 19 heavy (non-hydrogen) atoms. The van der Waals surface area contributed by atoms with Gasteiger partial charge in [0.15, 0.2) is 0 Å². The van der Waals surface area contributed by atoms with Crippen LogP contribution in [0, 0.1) is 0 Å². The smallest absolute Gasteiger partial charge is 0.407 e. The van der Waals surface area contributed by atoms with E-state index in [0.29, 0.717) is 6.54 Å². The molecule has 0 aromatic carbocycles. The molecule has 0 bridgehead atoms. The largest absolute Gasteiger partial charge is 0.444 e. The van der Waals surface area contributed by atoms with Crippen molar-refractivity contribution >= 4 is 6.09 Å². The number of H-pyrrole nitrogens is 1. The highest BCUT2D eigenvalue weighted by molar-refractivity contribution is 5.67. The van der Waals surface area contributed by atoms with E-state index in [0.717, 1.165) is 12.2 Å². The summed E-state index contributed by atoms with van der Waals surface area (Å²) < 4.78 is 5.20. The molecule has 0 fully saturated rings. The molecule has 0 spiro atoms. The van der Waals surface area contributed by atoms with Crippen molar-refractivity contribution in [2.75, 3.05) is 6.54 Å². The molecule has 0 radical (unpaired) electrons. The highest BCUT2D eigenvalue weighted by Crippen LogP contribution is 2.07. The minimum Gasteiger partial charge on any atom is -0.444 e. The van der Waals surface area contributed by atoms with Gasteiger partial charge in [0.05, 0.1) is 0 Å². The number of aromatic nitrogens is 1. The first-order valence-electron chi connectivity index (χ1n) is 6.52. The van der Waals surface area contributed by atoms with Crippen molar-refractivity contribution in [1.29, 1.82) is 0 Å². The fourth-order valence-electron chi connectivity index (χ4n) is 1.48. The summed E-state index contributed by atoms with van der Waals surface area (Å²) in [7, 11) is 0. The number of amides is 1. The van der Waals surface area contributed by atoms with Crippen LogP contribution in [0.2, 0.25) is 0 Å². The predicted molar refractivity (Wildman–Crippen MR) is 75.9 cm³/mol. The highest BCUT2D eigenvalue weighted by Gasteiger charge is 2.21. The number of carbonyl (C=O) groups excluding carboxylic acids is 1. The Labute approximate surface area is 115 Å². The molecule has 5 nitrogen and oxygen atoms in total. The Balaban J connectivity index is 2.32. The monoisotopic (exact) mass is 267 g/mol. The van der Waals surface area contributed by atoms with Crippen molar-refractivity contribution in [3.05, 3.63) is 24.0 Å². The van der Waals surface area contributed by atoms with E-state index in [1.807, 2.05) is 52.9 Å². The number of aromatic amines is 1. The van der Waals surface area contributed by atoms with E-state index in [4.69, 9.17) is 4.74 Å². The van der Waals surface area contributed by atoms with E-state index in [1.54, 1.807) is 0 Å². The average Bonchev–Trinajstić information content (AvgIpc) is 2.74. The number of carbonyl (C=O) groups is 1. The van der Waals surface area contributed by atoms with E-state index >= 15 is 0 Å². The summed E-state index contributed by atoms with van der Waals surface area (Å²) in [6, 6.07) is 3.98. The summed E-state index contributed by atoms with van der Waals surface area (Å²) >= 11 is 0. The minimum atomic E-state index is -0.466. The molecule has 0 atom stereocenters. The lowest BCUT2D eigenvalue weighted by molar-refractivity contribution is 0.0513. The Bertz CT molecular complexity index is 391. The fourth-order valence-corrected chi connectivity index (χ4v) is 1.48. The summed E-state index contributed by atoms with van der Waals surface area (Å²) in [5, 5.41) is 6.15. The molecule has 0 aliphatic rings. The van der Waals surface area contributed by atoms with Crippen LogP contribution in [-0.4, -0.2) is 28.8 Å². The lowest BCUT2D eigenvalue weighted by atomic mass is 10.1. The van der Waals surface area contributed by atoms with E-state index in [1.165, 1.54) is 0 Å². The van der Waals surface area contributed by atoms with Crippen LogP contribution in [0.25, 0.3) is 0 Å². The van der Waals surface area contributed by atoms with E-state index in [9.17, 15) is 4.79 Å². The lowest BCUT2D eigenvalue weighted by Crippen LogP contribution is -2.49. The van der Waals surface area contributed by atoms with Crippen molar-refractivity contribution in [2.45, 2.75) is 52.3 Å². The van der Waals surface area contributed by atoms with Crippen LogP contribution in [0.4, 0.5) is 4.79 Å². The summed E-state index contributed by atoms with van der Waals surface area (Å²) in [5.74, 6) is 0. The SMILES string of the molecule is CC(C)(CNC(=O)OC(C)(C)C)NCc1ccc[nH]1. The Kier molecular flexibility index (Phi) is 5.00. The number of rotatable bonds is 5. The molecule has 0 aliphatic heterocycles. The van der Waals surface area contributed by atoms with Crippen molar-refractivity contribution in [2.24, 2.45) is 0 Å². The van der Waals surface area contributed by atoms with Crippen molar-refractivity contribution in [3.8, 4) is 0 Å². The molecule has 1 aromatic heterocycles. The average molecular weight is 267 g/mol. The minimum absolute atomic E-state index is 0.206. The standard InChI is InChI=1S/C14H25N3O2/c1-13(2,3)19-12(18)16-10-14(4,5)17-9-11-7-6-8-15-11/h6-8,15,17H,9-10H2,1-5H3,(H,16,18). The zero-order valence-electron chi connectivity index (χ0n) is 12.5. The first-order chi connectivity index (χ1) is 8.68. The number of hydrogen-bond acceptors (Lipinski definition) is 3. The Morgan fingerprint density at radius 1 is 1.32 bits per heavy atom. The van der Waals surface area contributed by atoms with Gasteiger partial charge in [-0.2, -0.15) is 0 Å². The van der Waals surface area contributed by atoms with E-state index < -0.39 is 5.60 Å². The van der Waals surface area contributed by atoms with Gasteiger partial charge < -0.3 is 20.4 Å². The molecule has 0 aliphatic carbocycles. The van der Waals surface area contributed by atoms with E-state index in [-0.39, 0.29) is 11.6 Å². The number of ether oxygens (including phenoxy) is 1. The van der Waals surface area contributed by atoms with Crippen molar-refractivity contribution < 1.29 is 9.53 Å². The fraction of sp³-hybridized carbons (Fsp3) is 0.643. The molecular weight excluding hydrogens is 242 g/mol. The van der Waals surface area contributed by atoms with E-state index in [2.05, 4.69) is 15.6 Å².